The molecule has 0 unspecified atom stereocenters. The summed E-state index contributed by atoms with van der Waals surface area (Å²) in [4.78, 5) is 27.0. The quantitative estimate of drug-likeness (QED) is 0.471. The van der Waals surface area contributed by atoms with Gasteiger partial charge < -0.3 is 16.0 Å². The van der Waals surface area contributed by atoms with Gasteiger partial charge in [-0.25, -0.2) is 10.2 Å². The van der Waals surface area contributed by atoms with Gasteiger partial charge in [-0.3, -0.25) is 9.80 Å². The van der Waals surface area contributed by atoms with Crippen LogP contribution in [0.2, 0.25) is 0 Å². The third-order valence-electron chi connectivity index (χ3n) is 5.64. The Morgan fingerprint density at radius 3 is 2.42 bits per heavy atom. The lowest BCUT2D eigenvalue weighted by molar-refractivity contribution is -0.118. The Morgan fingerprint density at radius 2 is 1.67 bits per heavy atom. The molecule has 0 aromatic heterocycles. The largest absolute Gasteiger partial charge is 0.338 e. The predicted octanol–water partition coefficient (Wildman–Crippen LogP) is 4.93. The first-order valence-corrected chi connectivity index (χ1v) is 11.3. The molecule has 3 amide bonds. The number of carbonyl (C=O) groups excluding carboxylic acids is 2. The topological polar surface area (TPSA) is 90.7 Å². The first-order valence-electron chi connectivity index (χ1n) is 11.3. The van der Waals surface area contributed by atoms with Crippen molar-refractivity contribution in [2.24, 2.45) is 5.73 Å². The normalized spacial score (nSPS) is 13.8. The molecule has 0 aliphatic carbocycles. The average Bonchev–Trinajstić information content (AvgIpc) is 3.08. The minimum Gasteiger partial charge on any atom is -0.326 e. The number of benzene rings is 3. The number of nitrogens with zero attached hydrogens (tertiary/aromatic N) is 2. The van der Waals surface area contributed by atoms with Gasteiger partial charge >= 0.3 is 6.03 Å². The van der Waals surface area contributed by atoms with Crippen molar-refractivity contribution in [1.82, 2.24) is 5.43 Å². The molecule has 7 heteroatoms. The van der Waals surface area contributed by atoms with E-state index in [1.807, 2.05) is 83.8 Å². The molecule has 1 saturated heterocycles. The minimum absolute atomic E-state index is 0.157. The zero-order valence-electron chi connectivity index (χ0n) is 18.5. The van der Waals surface area contributed by atoms with Crippen molar-refractivity contribution < 1.29 is 9.59 Å². The third-order valence-corrected chi connectivity index (χ3v) is 5.64. The monoisotopic (exact) mass is 443 g/mol. The molecular formula is C26H29N5O2. The summed E-state index contributed by atoms with van der Waals surface area (Å²) >= 11 is 0. The minimum atomic E-state index is -0.379. The van der Waals surface area contributed by atoms with E-state index in [4.69, 9.17) is 5.73 Å². The Labute approximate surface area is 194 Å². The van der Waals surface area contributed by atoms with Crippen LogP contribution in [0.25, 0.3) is 0 Å². The van der Waals surface area contributed by atoms with E-state index in [-0.39, 0.29) is 11.9 Å². The smallest absolute Gasteiger partial charge is 0.326 e. The zero-order valence-corrected chi connectivity index (χ0v) is 18.5. The number of nitrogens with two attached hydrogens (primary N) is 1. The Balaban J connectivity index is 1.47. The Bertz CT molecular complexity index is 1090. The van der Waals surface area contributed by atoms with E-state index in [0.717, 1.165) is 48.4 Å². The van der Waals surface area contributed by atoms with E-state index in [9.17, 15) is 9.59 Å². The maximum atomic E-state index is 12.9. The molecule has 4 rings (SSSR count). The summed E-state index contributed by atoms with van der Waals surface area (Å²) in [5.74, 6) is 0.157. The molecule has 0 saturated carbocycles. The summed E-state index contributed by atoms with van der Waals surface area (Å²) in [6.07, 6.45) is 3.62. The Kier molecular flexibility index (Phi) is 7.22. The second-order valence-corrected chi connectivity index (χ2v) is 8.01. The number of hydrazine groups is 1. The number of anilines is 4. The lowest BCUT2D eigenvalue weighted by Crippen LogP contribution is -2.41. The number of hydrogen-bond donors (Lipinski definition) is 3. The van der Waals surface area contributed by atoms with Gasteiger partial charge in [0.15, 0.2) is 0 Å². The van der Waals surface area contributed by atoms with Crippen molar-refractivity contribution in [3.63, 3.8) is 0 Å². The fourth-order valence-electron chi connectivity index (χ4n) is 3.92. The molecule has 4 N–H and O–H groups in total. The van der Waals surface area contributed by atoms with Gasteiger partial charge in [0, 0.05) is 30.9 Å². The van der Waals surface area contributed by atoms with Crippen molar-refractivity contribution in [1.29, 1.82) is 0 Å². The van der Waals surface area contributed by atoms with Gasteiger partial charge in [-0.05, 0) is 66.9 Å². The van der Waals surface area contributed by atoms with Crippen LogP contribution < -0.4 is 26.4 Å². The van der Waals surface area contributed by atoms with Crippen LogP contribution in [0.15, 0.2) is 78.9 Å². The lowest BCUT2D eigenvalue weighted by atomic mass is 10.2. The van der Waals surface area contributed by atoms with Crippen molar-refractivity contribution in [3.8, 4) is 0 Å². The summed E-state index contributed by atoms with van der Waals surface area (Å²) in [6, 6.07) is 24.3. The molecule has 1 aliphatic heterocycles. The zero-order chi connectivity index (χ0) is 23.0. The van der Waals surface area contributed by atoms with E-state index in [0.29, 0.717) is 18.7 Å². The van der Waals surface area contributed by atoms with Crippen LogP contribution in [0, 0.1) is 0 Å². The standard InChI is InChI=1S/C26H29N5O2/c27-19-20-8-7-11-24(18-20)31(23-9-3-1-4-10-23)29-26(33)28-21-13-15-22(16-14-21)30-17-6-2-5-12-25(30)32/h1,3-4,7-11,13-16,18H,2,5-6,12,17,19,27H2,(H2,28,29,33). The fourth-order valence-corrected chi connectivity index (χ4v) is 3.92. The summed E-state index contributed by atoms with van der Waals surface area (Å²) in [7, 11) is 0. The number of urea groups is 1. The van der Waals surface area contributed by atoms with Crippen molar-refractivity contribution in [3.05, 3.63) is 84.4 Å². The second-order valence-electron chi connectivity index (χ2n) is 8.01. The van der Waals surface area contributed by atoms with Crippen LogP contribution >= 0.6 is 0 Å². The van der Waals surface area contributed by atoms with Crippen LogP contribution in [0.5, 0.6) is 0 Å². The molecule has 33 heavy (non-hydrogen) atoms. The molecule has 3 aromatic carbocycles. The van der Waals surface area contributed by atoms with E-state index in [1.165, 1.54) is 0 Å². The molecule has 7 nitrogen and oxygen atoms in total. The van der Waals surface area contributed by atoms with E-state index >= 15 is 0 Å². The van der Waals surface area contributed by atoms with E-state index < -0.39 is 0 Å². The highest BCUT2D eigenvalue weighted by Crippen LogP contribution is 2.25. The van der Waals surface area contributed by atoms with Gasteiger partial charge in [-0.2, -0.15) is 0 Å². The molecule has 0 spiro atoms. The van der Waals surface area contributed by atoms with Crippen molar-refractivity contribution >= 4 is 34.7 Å². The highest BCUT2D eigenvalue weighted by Gasteiger charge is 2.18. The predicted molar refractivity (Wildman–Crippen MR) is 132 cm³/mol. The first kappa shape index (κ1) is 22.4. The van der Waals surface area contributed by atoms with E-state index in [1.54, 1.807) is 5.01 Å². The average molecular weight is 444 g/mol. The number of amides is 3. The Morgan fingerprint density at radius 1 is 0.909 bits per heavy atom. The summed E-state index contributed by atoms with van der Waals surface area (Å²) < 4.78 is 0. The number of hydrogen-bond acceptors (Lipinski definition) is 4. The third kappa shape index (κ3) is 5.70. The summed E-state index contributed by atoms with van der Waals surface area (Å²) in [5.41, 5.74) is 12.8. The van der Waals surface area contributed by atoms with Crippen LogP contribution in [0.3, 0.4) is 0 Å². The molecule has 0 atom stereocenters. The highest BCUT2D eigenvalue weighted by molar-refractivity contribution is 5.95. The molecule has 0 bridgehead atoms. The fraction of sp³-hybridized carbons (Fsp3) is 0.231. The van der Waals surface area contributed by atoms with Crippen LogP contribution in [-0.2, 0) is 11.3 Å². The van der Waals surface area contributed by atoms with Gasteiger partial charge in [0.2, 0.25) is 5.91 Å². The Hall–Kier alpha value is -3.84. The van der Waals surface area contributed by atoms with Crippen LogP contribution in [0.4, 0.5) is 27.5 Å². The van der Waals surface area contributed by atoms with Crippen LogP contribution in [0.1, 0.15) is 31.2 Å². The molecule has 170 valence electrons. The summed E-state index contributed by atoms with van der Waals surface area (Å²) in [6.45, 7) is 1.15. The van der Waals surface area contributed by atoms with Crippen molar-refractivity contribution in [2.75, 3.05) is 21.8 Å². The van der Waals surface area contributed by atoms with Gasteiger partial charge in [0.05, 0.1) is 11.4 Å². The molecule has 1 aliphatic rings. The molecule has 3 aromatic rings. The number of para-hydroxylation sites is 1. The van der Waals surface area contributed by atoms with Gasteiger partial charge in [-0.1, -0.05) is 36.8 Å². The lowest BCUT2D eigenvalue weighted by Gasteiger charge is -2.26. The van der Waals surface area contributed by atoms with Gasteiger partial charge in [0.25, 0.3) is 0 Å². The van der Waals surface area contributed by atoms with Gasteiger partial charge in [0.1, 0.15) is 0 Å². The number of carbonyl (C=O) groups is 2. The number of nitrogens with one attached hydrogen (secondary N) is 2. The molecule has 1 heterocycles. The van der Waals surface area contributed by atoms with Crippen LogP contribution in [-0.4, -0.2) is 18.5 Å². The second kappa shape index (κ2) is 10.7. The van der Waals surface area contributed by atoms with Gasteiger partial charge in [-0.15, -0.1) is 0 Å². The maximum absolute atomic E-state index is 12.9. The highest BCUT2D eigenvalue weighted by atomic mass is 16.2. The summed E-state index contributed by atoms with van der Waals surface area (Å²) in [5, 5.41) is 4.60. The number of rotatable bonds is 6. The SMILES string of the molecule is NCc1cccc(N(NC(=O)Nc2ccc(N3CCCCCC3=O)cc2)c2ccccc2)c1. The maximum Gasteiger partial charge on any atom is 0.338 e. The molecule has 0 radical (unpaired) electrons. The van der Waals surface area contributed by atoms with Crippen molar-refractivity contribution in [2.45, 2.75) is 32.2 Å². The van der Waals surface area contributed by atoms with E-state index in [2.05, 4.69) is 10.7 Å². The molecule has 1 fully saturated rings. The molecular weight excluding hydrogens is 414 g/mol. The first-order chi connectivity index (χ1) is 16.1.